The van der Waals surface area contributed by atoms with Crippen molar-refractivity contribution in [1.29, 1.82) is 0 Å². The van der Waals surface area contributed by atoms with E-state index in [9.17, 15) is 4.79 Å². The van der Waals surface area contributed by atoms with Gasteiger partial charge in [-0.3, -0.25) is 4.79 Å². The number of nitrogens with one attached hydrogen (secondary N) is 3. The highest BCUT2D eigenvalue weighted by atomic mass is 16.2. The maximum atomic E-state index is 12.5. The van der Waals surface area contributed by atoms with Gasteiger partial charge in [0.25, 0.3) is 5.91 Å². The number of carbonyl (C=O) groups is 1. The number of aromatic nitrogens is 4. The zero-order chi connectivity index (χ0) is 20.5. The van der Waals surface area contributed by atoms with Gasteiger partial charge >= 0.3 is 0 Å². The Morgan fingerprint density at radius 2 is 2.07 bits per heavy atom. The average molecular weight is 406 g/mol. The molecule has 156 valence electrons. The molecule has 5 rings (SSSR count). The van der Waals surface area contributed by atoms with E-state index < -0.39 is 0 Å². The molecule has 1 saturated heterocycles. The maximum Gasteiger partial charge on any atom is 0.268 e. The van der Waals surface area contributed by atoms with Crippen molar-refractivity contribution in [2.24, 2.45) is 0 Å². The van der Waals surface area contributed by atoms with Crippen LogP contribution in [0.25, 0.3) is 11.0 Å². The number of pyridine rings is 1. The number of amides is 1. The van der Waals surface area contributed by atoms with Crippen LogP contribution in [0.3, 0.4) is 0 Å². The van der Waals surface area contributed by atoms with Gasteiger partial charge in [0, 0.05) is 50.3 Å². The molecule has 0 radical (unpaired) electrons. The molecule has 0 unspecified atom stereocenters. The van der Waals surface area contributed by atoms with Crippen molar-refractivity contribution in [2.75, 3.05) is 36.4 Å². The Morgan fingerprint density at radius 1 is 1.20 bits per heavy atom. The zero-order valence-electron chi connectivity index (χ0n) is 17.1. The van der Waals surface area contributed by atoms with E-state index >= 15 is 0 Å². The Morgan fingerprint density at radius 3 is 2.83 bits per heavy atom. The first-order valence-electron chi connectivity index (χ1n) is 10.6. The summed E-state index contributed by atoms with van der Waals surface area (Å²) >= 11 is 0. The summed E-state index contributed by atoms with van der Waals surface area (Å²) in [4.78, 5) is 28.4. The number of hydrogen-bond acceptors (Lipinski definition) is 7. The Balaban J connectivity index is 1.38. The Kier molecular flexibility index (Phi) is 4.96. The summed E-state index contributed by atoms with van der Waals surface area (Å²) in [6.45, 7) is 6.81. The Labute approximate surface area is 174 Å². The first-order valence-corrected chi connectivity index (χ1v) is 10.6. The van der Waals surface area contributed by atoms with Gasteiger partial charge in [-0.1, -0.05) is 13.3 Å². The molecular formula is C21H26N8O. The minimum Gasteiger partial charge on any atom is -0.368 e. The molecular weight excluding hydrogens is 380 g/mol. The number of fused-ring (bicyclic) bond motifs is 3. The normalized spacial score (nSPS) is 18.9. The van der Waals surface area contributed by atoms with Crippen molar-refractivity contribution in [3.8, 4) is 0 Å². The first-order chi connectivity index (χ1) is 14.7. The monoisotopic (exact) mass is 406 g/mol. The third-order valence-corrected chi connectivity index (χ3v) is 5.71. The van der Waals surface area contributed by atoms with Gasteiger partial charge in [0.15, 0.2) is 0 Å². The SMILES string of the molecule is CCC[C@H]1Cn2c(cc3cnc(Nc4ccc(N5CCNCC5)cn4)nc32)C(=O)N1. The van der Waals surface area contributed by atoms with E-state index in [1.807, 2.05) is 22.9 Å². The van der Waals surface area contributed by atoms with Crippen LogP contribution >= 0.6 is 0 Å². The summed E-state index contributed by atoms with van der Waals surface area (Å²) < 4.78 is 2.00. The van der Waals surface area contributed by atoms with Crippen LogP contribution in [0.1, 0.15) is 30.3 Å². The molecule has 3 aromatic rings. The largest absolute Gasteiger partial charge is 0.368 e. The van der Waals surface area contributed by atoms with Crippen LogP contribution in [0, 0.1) is 0 Å². The minimum absolute atomic E-state index is 0.0441. The molecule has 1 fully saturated rings. The third kappa shape index (κ3) is 3.56. The van der Waals surface area contributed by atoms with Crippen LogP contribution in [-0.2, 0) is 6.54 Å². The highest BCUT2D eigenvalue weighted by Crippen LogP contribution is 2.24. The van der Waals surface area contributed by atoms with Crippen LogP contribution in [-0.4, -0.2) is 57.6 Å². The highest BCUT2D eigenvalue weighted by molar-refractivity contribution is 5.98. The average Bonchev–Trinajstić information content (AvgIpc) is 3.14. The molecule has 30 heavy (non-hydrogen) atoms. The fourth-order valence-corrected chi connectivity index (χ4v) is 4.19. The van der Waals surface area contributed by atoms with Crippen LogP contribution in [0.4, 0.5) is 17.5 Å². The van der Waals surface area contributed by atoms with E-state index in [2.05, 4.69) is 48.8 Å². The third-order valence-electron chi connectivity index (χ3n) is 5.71. The summed E-state index contributed by atoms with van der Waals surface area (Å²) in [6.07, 6.45) is 5.61. The van der Waals surface area contributed by atoms with Gasteiger partial charge in [0.2, 0.25) is 5.95 Å². The van der Waals surface area contributed by atoms with Gasteiger partial charge in [-0.25, -0.2) is 9.97 Å². The first kappa shape index (κ1) is 18.8. The van der Waals surface area contributed by atoms with Gasteiger partial charge in [0.1, 0.15) is 17.2 Å². The van der Waals surface area contributed by atoms with Crippen LogP contribution < -0.4 is 20.9 Å². The van der Waals surface area contributed by atoms with Crippen LogP contribution in [0.15, 0.2) is 30.6 Å². The van der Waals surface area contributed by atoms with E-state index in [0.29, 0.717) is 17.5 Å². The molecule has 2 aliphatic heterocycles. The molecule has 2 aliphatic rings. The molecule has 0 bridgehead atoms. The number of piperazine rings is 1. The molecule has 1 amide bonds. The van der Waals surface area contributed by atoms with Crippen molar-refractivity contribution in [3.63, 3.8) is 0 Å². The molecule has 9 nitrogen and oxygen atoms in total. The second-order valence-corrected chi connectivity index (χ2v) is 7.84. The van der Waals surface area contributed by atoms with Crippen molar-refractivity contribution in [2.45, 2.75) is 32.4 Å². The summed E-state index contributed by atoms with van der Waals surface area (Å²) in [6, 6.07) is 6.01. The van der Waals surface area contributed by atoms with E-state index in [1.54, 1.807) is 6.20 Å². The lowest BCUT2D eigenvalue weighted by Gasteiger charge is -2.29. The number of nitrogens with zero attached hydrogens (tertiary/aromatic N) is 5. The van der Waals surface area contributed by atoms with Gasteiger partial charge in [0.05, 0.1) is 11.9 Å². The molecule has 3 N–H and O–H groups in total. The fraction of sp³-hybridized carbons (Fsp3) is 0.429. The Hall–Kier alpha value is -3.20. The van der Waals surface area contributed by atoms with Gasteiger partial charge in [-0.2, -0.15) is 4.98 Å². The smallest absolute Gasteiger partial charge is 0.268 e. The van der Waals surface area contributed by atoms with Crippen LogP contribution in [0.2, 0.25) is 0 Å². The van der Waals surface area contributed by atoms with Crippen molar-refractivity contribution in [1.82, 2.24) is 30.2 Å². The molecule has 0 spiro atoms. The lowest BCUT2D eigenvalue weighted by atomic mass is 10.1. The molecule has 0 aliphatic carbocycles. The standard InChI is InChI=1S/C21H26N8O/c1-2-3-15-13-29-17(20(30)25-15)10-14-11-24-21(27-19(14)29)26-18-5-4-16(12-23-18)28-8-6-22-7-9-28/h4-5,10-12,15,22H,2-3,6-9,13H2,1H3,(H,25,30)(H,23,24,26,27)/t15-/m0/s1. The summed E-state index contributed by atoms with van der Waals surface area (Å²) in [5.74, 6) is 1.13. The molecule has 9 heteroatoms. The lowest BCUT2D eigenvalue weighted by molar-refractivity contribution is 0.0899. The maximum absolute atomic E-state index is 12.5. The second kappa shape index (κ2) is 7.91. The van der Waals surface area contributed by atoms with E-state index in [-0.39, 0.29) is 11.9 Å². The lowest BCUT2D eigenvalue weighted by Crippen LogP contribution is -2.43. The van der Waals surface area contributed by atoms with Crippen LogP contribution in [0.5, 0.6) is 0 Å². The quantitative estimate of drug-likeness (QED) is 0.595. The van der Waals surface area contributed by atoms with E-state index in [1.165, 1.54) is 0 Å². The Bertz CT molecular complexity index is 1050. The van der Waals surface area contributed by atoms with Crippen molar-refractivity contribution >= 4 is 34.4 Å². The second-order valence-electron chi connectivity index (χ2n) is 7.84. The van der Waals surface area contributed by atoms with E-state index in [0.717, 1.165) is 62.3 Å². The topological polar surface area (TPSA) is 100 Å². The van der Waals surface area contributed by atoms with Gasteiger partial charge < -0.3 is 25.4 Å². The summed E-state index contributed by atoms with van der Waals surface area (Å²) in [5, 5.41) is 10.5. The van der Waals surface area contributed by atoms with E-state index in [4.69, 9.17) is 0 Å². The molecule has 5 heterocycles. The molecule has 1 atom stereocenters. The summed E-state index contributed by atoms with van der Waals surface area (Å²) in [5.41, 5.74) is 2.53. The molecule has 3 aromatic heterocycles. The number of rotatable bonds is 5. The minimum atomic E-state index is -0.0441. The predicted octanol–water partition coefficient (Wildman–Crippen LogP) is 1.89. The molecule has 0 saturated carbocycles. The summed E-state index contributed by atoms with van der Waals surface area (Å²) in [7, 11) is 0. The number of carbonyl (C=O) groups excluding carboxylic acids is 1. The van der Waals surface area contributed by atoms with Gasteiger partial charge in [-0.05, 0) is 24.6 Å². The highest BCUT2D eigenvalue weighted by Gasteiger charge is 2.26. The van der Waals surface area contributed by atoms with Gasteiger partial charge in [-0.15, -0.1) is 0 Å². The zero-order valence-corrected chi connectivity index (χ0v) is 17.1. The van der Waals surface area contributed by atoms with Crippen molar-refractivity contribution in [3.05, 3.63) is 36.3 Å². The molecule has 0 aromatic carbocycles. The van der Waals surface area contributed by atoms with Crippen molar-refractivity contribution < 1.29 is 4.79 Å². The number of hydrogen-bond donors (Lipinski definition) is 3. The predicted molar refractivity (Wildman–Crippen MR) is 116 cm³/mol. The number of anilines is 3. The fourth-order valence-electron chi connectivity index (χ4n) is 4.19.